The smallest absolute Gasteiger partial charge is 0.231 e. The van der Waals surface area contributed by atoms with Crippen molar-refractivity contribution in [3.63, 3.8) is 0 Å². The minimum Gasteiger partial charge on any atom is -0.339 e. The lowest BCUT2D eigenvalue weighted by Gasteiger charge is -2.17. The van der Waals surface area contributed by atoms with E-state index in [9.17, 15) is 0 Å². The number of benzene rings is 1. The van der Waals surface area contributed by atoms with Crippen molar-refractivity contribution in [2.45, 2.75) is 37.6 Å². The third-order valence-electron chi connectivity index (χ3n) is 3.68. The zero-order valence-electron chi connectivity index (χ0n) is 11.0. The average molecular weight is 314 g/mol. The number of nitrogens with zero attached hydrogens (tertiary/aromatic N) is 2. The van der Waals surface area contributed by atoms with Gasteiger partial charge in [-0.15, -0.1) is 12.4 Å². The summed E-state index contributed by atoms with van der Waals surface area (Å²) in [5, 5.41) is 4.77. The second-order valence-electron chi connectivity index (χ2n) is 5.18. The molecule has 4 nitrogen and oxygen atoms in total. The summed E-state index contributed by atoms with van der Waals surface area (Å²) < 4.78 is 5.30. The van der Waals surface area contributed by atoms with E-state index in [1.54, 1.807) is 0 Å². The minimum atomic E-state index is -0.387. The normalized spacial score (nSPS) is 16.9. The molecule has 1 fully saturated rings. The van der Waals surface area contributed by atoms with Crippen LogP contribution in [0.15, 0.2) is 28.8 Å². The Morgan fingerprint density at radius 3 is 2.50 bits per heavy atom. The molecule has 1 aromatic carbocycles. The van der Waals surface area contributed by atoms with Gasteiger partial charge in [-0.1, -0.05) is 41.7 Å². The molecule has 3 rings (SSSR count). The summed E-state index contributed by atoms with van der Waals surface area (Å²) >= 11 is 5.86. The van der Waals surface area contributed by atoms with Gasteiger partial charge in [0, 0.05) is 5.02 Å². The highest BCUT2D eigenvalue weighted by molar-refractivity contribution is 6.30. The van der Waals surface area contributed by atoms with E-state index in [2.05, 4.69) is 10.1 Å². The lowest BCUT2D eigenvalue weighted by atomic mass is 9.99. The summed E-state index contributed by atoms with van der Waals surface area (Å²) in [5.74, 6) is 1.25. The van der Waals surface area contributed by atoms with E-state index in [0.717, 1.165) is 36.3 Å². The first-order chi connectivity index (χ1) is 9.16. The fourth-order valence-electron chi connectivity index (χ4n) is 2.54. The number of halogens is 2. The lowest BCUT2D eigenvalue weighted by Crippen LogP contribution is -2.34. The Morgan fingerprint density at radius 1 is 1.20 bits per heavy atom. The van der Waals surface area contributed by atoms with E-state index in [1.807, 2.05) is 24.3 Å². The third kappa shape index (κ3) is 3.14. The van der Waals surface area contributed by atoms with Crippen LogP contribution in [0.3, 0.4) is 0 Å². The largest absolute Gasteiger partial charge is 0.339 e. The Balaban J connectivity index is 0.00000147. The molecule has 0 unspecified atom stereocenters. The Kier molecular flexibility index (Phi) is 4.68. The number of aromatic nitrogens is 2. The van der Waals surface area contributed by atoms with Crippen molar-refractivity contribution in [3.8, 4) is 0 Å². The number of nitrogens with two attached hydrogens (primary N) is 1. The Bertz CT molecular complexity index is 562. The maximum atomic E-state index is 6.30. The summed E-state index contributed by atoms with van der Waals surface area (Å²) in [6, 6.07) is 7.63. The predicted octanol–water partition coefficient (Wildman–Crippen LogP) is 3.46. The predicted molar refractivity (Wildman–Crippen MR) is 80.1 cm³/mol. The molecule has 1 heterocycles. The molecule has 1 aliphatic rings. The second-order valence-corrected chi connectivity index (χ2v) is 5.61. The van der Waals surface area contributed by atoms with Gasteiger partial charge in [-0.25, -0.2) is 0 Å². The quantitative estimate of drug-likeness (QED) is 0.942. The topological polar surface area (TPSA) is 64.9 Å². The molecule has 2 N–H and O–H groups in total. The molecular formula is C14H17Cl2N3O. The summed E-state index contributed by atoms with van der Waals surface area (Å²) in [6.45, 7) is 0. The van der Waals surface area contributed by atoms with Crippen LogP contribution in [0.5, 0.6) is 0 Å². The first-order valence-corrected chi connectivity index (χ1v) is 6.90. The van der Waals surface area contributed by atoms with Crippen molar-refractivity contribution in [1.82, 2.24) is 10.1 Å². The summed E-state index contributed by atoms with van der Waals surface area (Å²) in [5.41, 5.74) is 7.01. The fourth-order valence-corrected chi connectivity index (χ4v) is 2.66. The highest BCUT2D eigenvalue weighted by Crippen LogP contribution is 2.34. The molecule has 0 atom stereocenters. The highest BCUT2D eigenvalue weighted by Gasteiger charge is 2.35. The van der Waals surface area contributed by atoms with Crippen molar-refractivity contribution < 1.29 is 4.52 Å². The van der Waals surface area contributed by atoms with Crippen LogP contribution in [0.1, 0.15) is 43.0 Å². The van der Waals surface area contributed by atoms with Gasteiger partial charge in [-0.2, -0.15) is 4.98 Å². The van der Waals surface area contributed by atoms with Crippen LogP contribution in [0, 0.1) is 0 Å². The Hall–Kier alpha value is -1.10. The number of hydrogen-bond acceptors (Lipinski definition) is 4. The highest BCUT2D eigenvalue weighted by atomic mass is 35.5. The number of rotatable bonds is 3. The molecule has 108 valence electrons. The molecule has 6 heteroatoms. The molecule has 0 aliphatic heterocycles. The minimum absolute atomic E-state index is 0. The molecule has 2 aromatic rings. The van der Waals surface area contributed by atoms with Gasteiger partial charge in [0.25, 0.3) is 0 Å². The van der Waals surface area contributed by atoms with Gasteiger partial charge in [0.1, 0.15) is 0 Å². The summed E-state index contributed by atoms with van der Waals surface area (Å²) in [7, 11) is 0. The van der Waals surface area contributed by atoms with E-state index in [0.29, 0.717) is 18.1 Å². The van der Waals surface area contributed by atoms with Gasteiger partial charge in [-0.3, -0.25) is 0 Å². The van der Waals surface area contributed by atoms with Crippen molar-refractivity contribution in [2.75, 3.05) is 0 Å². The van der Waals surface area contributed by atoms with Gasteiger partial charge in [0.15, 0.2) is 5.82 Å². The summed E-state index contributed by atoms with van der Waals surface area (Å²) in [4.78, 5) is 4.45. The van der Waals surface area contributed by atoms with Gasteiger partial charge in [0.2, 0.25) is 5.89 Å². The van der Waals surface area contributed by atoms with Crippen LogP contribution in [-0.2, 0) is 12.0 Å². The molecule has 0 saturated heterocycles. The van der Waals surface area contributed by atoms with Crippen LogP contribution in [-0.4, -0.2) is 10.1 Å². The Morgan fingerprint density at radius 2 is 1.85 bits per heavy atom. The SMILES string of the molecule is Cl.NC1(c2noc(Cc3ccc(Cl)cc3)n2)CCCC1. The van der Waals surface area contributed by atoms with Crippen LogP contribution in [0.2, 0.25) is 5.02 Å². The molecule has 1 aliphatic carbocycles. The van der Waals surface area contributed by atoms with Crippen molar-refractivity contribution >= 4 is 24.0 Å². The molecule has 1 aromatic heterocycles. The summed E-state index contributed by atoms with van der Waals surface area (Å²) in [6.07, 6.45) is 4.76. The van der Waals surface area contributed by atoms with E-state index < -0.39 is 0 Å². The average Bonchev–Trinajstić information content (AvgIpc) is 3.02. The van der Waals surface area contributed by atoms with E-state index in [1.165, 1.54) is 0 Å². The van der Waals surface area contributed by atoms with Crippen LogP contribution < -0.4 is 5.73 Å². The van der Waals surface area contributed by atoms with Crippen molar-refractivity contribution in [1.29, 1.82) is 0 Å². The second kappa shape index (κ2) is 6.12. The molecule has 0 bridgehead atoms. The van der Waals surface area contributed by atoms with Gasteiger partial charge in [-0.05, 0) is 30.5 Å². The van der Waals surface area contributed by atoms with E-state index >= 15 is 0 Å². The monoisotopic (exact) mass is 313 g/mol. The van der Waals surface area contributed by atoms with Gasteiger partial charge >= 0.3 is 0 Å². The maximum Gasteiger partial charge on any atom is 0.231 e. The standard InChI is InChI=1S/C14H16ClN3O.ClH/c15-11-5-3-10(4-6-11)9-12-17-13(18-19-12)14(16)7-1-2-8-14;/h3-6H,1-2,7-9,16H2;1H. The molecule has 1 saturated carbocycles. The molecule has 20 heavy (non-hydrogen) atoms. The van der Waals surface area contributed by atoms with Crippen molar-refractivity contribution in [3.05, 3.63) is 46.6 Å². The fraction of sp³-hybridized carbons (Fsp3) is 0.429. The zero-order valence-corrected chi connectivity index (χ0v) is 12.6. The van der Waals surface area contributed by atoms with Crippen LogP contribution in [0.25, 0.3) is 0 Å². The van der Waals surface area contributed by atoms with Crippen LogP contribution >= 0.6 is 24.0 Å². The Labute approximate surface area is 129 Å². The van der Waals surface area contributed by atoms with E-state index in [-0.39, 0.29) is 17.9 Å². The van der Waals surface area contributed by atoms with Crippen molar-refractivity contribution in [2.24, 2.45) is 5.73 Å². The molecule has 0 radical (unpaired) electrons. The van der Waals surface area contributed by atoms with Gasteiger partial charge < -0.3 is 10.3 Å². The number of hydrogen-bond donors (Lipinski definition) is 1. The molecule has 0 amide bonds. The first-order valence-electron chi connectivity index (χ1n) is 6.52. The molecule has 0 spiro atoms. The maximum absolute atomic E-state index is 6.30. The van der Waals surface area contributed by atoms with Gasteiger partial charge in [0.05, 0.1) is 12.0 Å². The van der Waals surface area contributed by atoms with E-state index in [4.69, 9.17) is 21.9 Å². The molecular weight excluding hydrogens is 297 g/mol. The zero-order chi connectivity index (χ0) is 13.3. The third-order valence-corrected chi connectivity index (χ3v) is 3.93. The van der Waals surface area contributed by atoms with Crippen LogP contribution in [0.4, 0.5) is 0 Å². The lowest BCUT2D eigenvalue weighted by molar-refractivity contribution is 0.352. The first kappa shape index (κ1) is 15.3.